The Kier molecular flexibility index (Phi) is 3.77. The van der Waals surface area contributed by atoms with Crippen molar-refractivity contribution in [1.82, 2.24) is 4.98 Å². The molecule has 1 aromatic heterocycles. The van der Waals surface area contributed by atoms with Gasteiger partial charge in [0.15, 0.2) is 5.78 Å². The maximum Gasteiger partial charge on any atom is 0.161 e. The van der Waals surface area contributed by atoms with Gasteiger partial charge in [0.2, 0.25) is 0 Å². The van der Waals surface area contributed by atoms with E-state index in [1.165, 1.54) is 4.88 Å². The van der Waals surface area contributed by atoms with Crippen LogP contribution in [0.2, 0.25) is 0 Å². The van der Waals surface area contributed by atoms with Crippen molar-refractivity contribution >= 4 is 22.8 Å². The molecule has 4 heteroatoms. The summed E-state index contributed by atoms with van der Waals surface area (Å²) in [5.41, 5.74) is 4.65. The van der Waals surface area contributed by atoms with Crippen molar-refractivity contribution in [2.75, 3.05) is 11.9 Å². The number of benzene rings is 1. The lowest BCUT2D eigenvalue weighted by Gasteiger charge is -2.21. The Morgan fingerprint density at radius 1 is 1.39 bits per heavy atom. The summed E-state index contributed by atoms with van der Waals surface area (Å²) in [6.45, 7) is 4.39. The van der Waals surface area contributed by atoms with Crippen LogP contribution in [0.15, 0.2) is 29.8 Å². The highest BCUT2D eigenvalue weighted by molar-refractivity contribution is 7.09. The van der Waals surface area contributed by atoms with Gasteiger partial charge in [-0.05, 0) is 26.0 Å². The van der Waals surface area contributed by atoms with E-state index in [2.05, 4.69) is 9.88 Å². The van der Waals surface area contributed by atoms with Gasteiger partial charge in [0.1, 0.15) is 0 Å². The Labute approximate surface area is 111 Å². The number of rotatable bonds is 4. The van der Waals surface area contributed by atoms with Crippen molar-refractivity contribution in [2.45, 2.75) is 20.4 Å². The molecule has 0 spiro atoms. The normalized spacial score (nSPS) is 10.4. The first-order valence-electron chi connectivity index (χ1n) is 5.79. The zero-order valence-corrected chi connectivity index (χ0v) is 11.6. The Hall–Kier alpha value is -1.68. The summed E-state index contributed by atoms with van der Waals surface area (Å²) >= 11 is 1.65. The molecule has 94 valence electrons. The summed E-state index contributed by atoms with van der Waals surface area (Å²) in [5.74, 6) is 0.0958. The second-order valence-electron chi connectivity index (χ2n) is 4.29. The molecule has 0 bridgehead atoms. The SMILES string of the molecule is CC(=O)c1ccccc1N(C)Cc1scnc1C. The summed E-state index contributed by atoms with van der Waals surface area (Å²) in [5, 5.41) is 0. The number of thiazole rings is 1. The first-order valence-corrected chi connectivity index (χ1v) is 6.67. The van der Waals surface area contributed by atoms with E-state index in [4.69, 9.17) is 0 Å². The van der Waals surface area contributed by atoms with Crippen LogP contribution in [0.5, 0.6) is 0 Å². The van der Waals surface area contributed by atoms with Crippen LogP contribution in [-0.4, -0.2) is 17.8 Å². The molecule has 1 heterocycles. The van der Waals surface area contributed by atoms with Gasteiger partial charge in [0.25, 0.3) is 0 Å². The molecule has 0 amide bonds. The third-order valence-electron chi connectivity index (χ3n) is 2.92. The third kappa shape index (κ3) is 2.59. The lowest BCUT2D eigenvalue weighted by molar-refractivity contribution is 0.101. The van der Waals surface area contributed by atoms with Gasteiger partial charge >= 0.3 is 0 Å². The number of carbonyl (C=O) groups is 1. The number of ketones is 1. The lowest BCUT2D eigenvalue weighted by Crippen LogP contribution is -2.18. The number of Topliss-reactive ketones (excluding diaryl/α,β-unsaturated/α-hetero) is 1. The molecule has 3 nitrogen and oxygen atoms in total. The molecule has 2 aromatic rings. The van der Waals surface area contributed by atoms with Gasteiger partial charge in [-0.15, -0.1) is 11.3 Å². The van der Waals surface area contributed by atoms with Crippen LogP contribution in [0, 0.1) is 6.92 Å². The monoisotopic (exact) mass is 260 g/mol. The van der Waals surface area contributed by atoms with Crippen LogP contribution in [0.1, 0.15) is 27.9 Å². The van der Waals surface area contributed by atoms with E-state index in [0.717, 1.165) is 23.5 Å². The van der Waals surface area contributed by atoms with E-state index in [-0.39, 0.29) is 5.78 Å². The highest BCUT2D eigenvalue weighted by Gasteiger charge is 2.12. The Balaban J connectivity index is 2.26. The van der Waals surface area contributed by atoms with E-state index in [1.54, 1.807) is 18.3 Å². The molecule has 0 aliphatic heterocycles. The van der Waals surface area contributed by atoms with E-state index in [1.807, 2.05) is 43.7 Å². The zero-order chi connectivity index (χ0) is 13.1. The molecule has 0 aliphatic rings. The summed E-state index contributed by atoms with van der Waals surface area (Å²) in [4.78, 5) is 19.2. The van der Waals surface area contributed by atoms with Crippen molar-refractivity contribution in [3.63, 3.8) is 0 Å². The topological polar surface area (TPSA) is 33.2 Å². The number of para-hydroxylation sites is 1. The number of hydrogen-bond acceptors (Lipinski definition) is 4. The van der Waals surface area contributed by atoms with E-state index in [9.17, 15) is 4.79 Å². The van der Waals surface area contributed by atoms with Crippen LogP contribution in [-0.2, 0) is 6.54 Å². The summed E-state index contributed by atoms with van der Waals surface area (Å²) in [6.07, 6.45) is 0. The molecule has 0 N–H and O–H groups in total. The highest BCUT2D eigenvalue weighted by atomic mass is 32.1. The zero-order valence-electron chi connectivity index (χ0n) is 10.8. The first kappa shape index (κ1) is 12.8. The molecule has 0 unspecified atom stereocenters. The fraction of sp³-hybridized carbons (Fsp3) is 0.286. The molecule has 18 heavy (non-hydrogen) atoms. The average molecular weight is 260 g/mol. The van der Waals surface area contributed by atoms with Crippen LogP contribution >= 0.6 is 11.3 Å². The van der Waals surface area contributed by atoms with Crippen molar-refractivity contribution in [1.29, 1.82) is 0 Å². The summed E-state index contributed by atoms with van der Waals surface area (Å²) in [6, 6.07) is 7.70. The van der Waals surface area contributed by atoms with Gasteiger partial charge in [-0.2, -0.15) is 0 Å². The van der Waals surface area contributed by atoms with Crippen LogP contribution in [0.25, 0.3) is 0 Å². The standard InChI is InChI=1S/C14H16N2OS/c1-10-14(18-9-15-10)8-16(3)13-7-5-4-6-12(13)11(2)17/h4-7,9H,8H2,1-3H3. The molecule has 0 saturated heterocycles. The second-order valence-corrected chi connectivity index (χ2v) is 5.23. The number of anilines is 1. The molecule has 2 rings (SSSR count). The first-order chi connectivity index (χ1) is 8.59. The van der Waals surface area contributed by atoms with Gasteiger partial charge in [-0.3, -0.25) is 4.79 Å². The van der Waals surface area contributed by atoms with Gasteiger partial charge in [0, 0.05) is 23.2 Å². The van der Waals surface area contributed by atoms with Crippen LogP contribution < -0.4 is 4.90 Å². The predicted molar refractivity (Wildman–Crippen MR) is 75.4 cm³/mol. The quantitative estimate of drug-likeness (QED) is 0.791. The molecule has 0 saturated carbocycles. The predicted octanol–water partition coefficient (Wildman–Crippen LogP) is 3.29. The van der Waals surface area contributed by atoms with Crippen LogP contribution in [0.3, 0.4) is 0 Å². The van der Waals surface area contributed by atoms with E-state index < -0.39 is 0 Å². The highest BCUT2D eigenvalue weighted by Crippen LogP contribution is 2.23. The van der Waals surface area contributed by atoms with Crippen molar-refractivity contribution in [3.05, 3.63) is 45.9 Å². The molecule has 0 fully saturated rings. The molecule has 0 atom stereocenters. The smallest absolute Gasteiger partial charge is 0.161 e. The summed E-state index contributed by atoms with van der Waals surface area (Å²) < 4.78 is 0. The van der Waals surface area contributed by atoms with Crippen molar-refractivity contribution in [2.24, 2.45) is 0 Å². The van der Waals surface area contributed by atoms with Gasteiger partial charge in [-0.25, -0.2) is 4.98 Å². The molecule has 1 aromatic carbocycles. The molecule has 0 radical (unpaired) electrons. The van der Waals surface area contributed by atoms with Gasteiger partial charge < -0.3 is 4.90 Å². The fourth-order valence-corrected chi connectivity index (χ4v) is 2.71. The third-order valence-corrected chi connectivity index (χ3v) is 3.84. The maximum atomic E-state index is 11.6. The number of nitrogens with zero attached hydrogens (tertiary/aromatic N) is 2. The minimum atomic E-state index is 0.0958. The lowest BCUT2D eigenvalue weighted by atomic mass is 10.1. The average Bonchev–Trinajstić information content (AvgIpc) is 2.75. The van der Waals surface area contributed by atoms with Gasteiger partial charge in [-0.1, -0.05) is 12.1 Å². The number of aryl methyl sites for hydroxylation is 1. The fourth-order valence-electron chi connectivity index (χ4n) is 1.88. The van der Waals surface area contributed by atoms with Crippen molar-refractivity contribution < 1.29 is 4.79 Å². The minimum absolute atomic E-state index is 0.0958. The Bertz CT molecular complexity index is 562. The van der Waals surface area contributed by atoms with Crippen molar-refractivity contribution in [3.8, 4) is 0 Å². The molecular formula is C14H16N2OS. The van der Waals surface area contributed by atoms with Gasteiger partial charge in [0.05, 0.1) is 17.7 Å². The minimum Gasteiger partial charge on any atom is -0.369 e. The maximum absolute atomic E-state index is 11.6. The summed E-state index contributed by atoms with van der Waals surface area (Å²) in [7, 11) is 2.00. The number of hydrogen-bond donors (Lipinski definition) is 0. The number of aromatic nitrogens is 1. The van der Waals surface area contributed by atoms with Crippen LogP contribution in [0.4, 0.5) is 5.69 Å². The van der Waals surface area contributed by atoms with E-state index >= 15 is 0 Å². The Morgan fingerprint density at radius 3 is 2.72 bits per heavy atom. The Morgan fingerprint density at radius 2 is 2.11 bits per heavy atom. The second kappa shape index (κ2) is 5.31. The molecule has 0 aliphatic carbocycles. The molecular weight excluding hydrogens is 244 g/mol. The number of carbonyl (C=O) groups excluding carboxylic acids is 1. The largest absolute Gasteiger partial charge is 0.369 e. The van der Waals surface area contributed by atoms with E-state index in [0.29, 0.717) is 0 Å².